The number of benzene rings is 2. The van der Waals surface area contributed by atoms with E-state index >= 15 is 0 Å². The molecule has 1 aliphatic carbocycles. The minimum Gasteiger partial charge on any atom is -0.469 e. The van der Waals surface area contributed by atoms with Gasteiger partial charge in [-0.25, -0.2) is 0 Å². The van der Waals surface area contributed by atoms with Crippen LogP contribution in [0.25, 0.3) is 11.3 Å². The van der Waals surface area contributed by atoms with Gasteiger partial charge in [0.25, 0.3) is 0 Å². The van der Waals surface area contributed by atoms with Crippen LogP contribution in [0.3, 0.4) is 0 Å². The number of fused-ring (bicyclic) bond motifs is 1. The Balaban J connectivity index is 0.00000240. The molecule has 0 spiro atoms. The van der Waals surface area contributed by atoms with Gasteiger partial charge in [-0.1, -0.05) is 48.0 Å². The molecule has 0 saturated carbocycles. The summed E-state index contributed by atoms with van der Waals surface area (Å²) in [4.78, 5) is 16.5. The summed E-state index contributed by atoms with van der Waals surface area (Å²) in [5.41, 5.74) is 8.09. The molecule has 0 amide bonds. The summed E-state index contributed by atoms with van der Waals surface area (Å²) in [5.74, 6) is -0.217. The Hall–Kier alpha value is -2.36. The second-order valence-corrected chi connectivity index (χ2v) is 7.64. The maximum Gasteiger partial charge on any atom is 0.309 e. The lowest BCUT2D eigenvalue weighted by Crippen LogP contribution is -2.05. The van der Waals surface area contributed by atoms with Gasteiger partial charge >= 0.3 is 5.97 Å². The van der Waals surface area contributed by atoms with Gasteiger partial charge in [-0.15, -0.1) is 12.4 Å². The van der Waals surface area contributed by atoms with Gasteiger partial charge in [0.05, 0.1) is 19.2 Å². The Morgan fingerprint density at radius 2 is 1.86 bits per heavy atom. The van der Waals surface area contributed by atoms with Crippen molar-refractivity contribution in [3.63, 3.8) is 0 Å². The first-order chi connectivity index (χ1) is 13.6. The van der Waals surface area contributed by atoms with Gasteiger partial charge in [-0.3, -0.25) is 9.78 Å². The summed E-state index contributed by atoms with van der Waals surface area (Å²) >= 11 is 6.19. The van der Waals surface area contributed by atoms with Crippen molar-refractivity contribution >= 4 is 30.0 Å². The first-order valence-electron chi connectivity index (χ1n) is 9.54. The number of hydrogen-bond donors (Lipinski definition) is 0. The van der Waals surface area contributed by atoms with Crippen molar-refractivity contribution < 1.29 is 9.53 Å². The molecule has 1 heterocycles. The molecule has 1 aromatic heterocycles. The Morgan fingerprint density at radius 3 is 2.66 bits per heavy atom. The molecule has 3 aromatic rings. The first kappa shape index (κ1) is 21.4. The maximum atomic E-state index is 11.6. The second kappa shape index (κ2) is 9.43. The number of carbonyl (C=O) groups is 1. The molecule has 150 valence electrons. The molecule has 0 aliphatic heterocycles. The van der Waals surface area contributed by atoms with Gasteiger partial charge < -0.3 is 4.74 Å². The number of halogens is 2. The minimum absolute atomic E-state index is 0. The quantitative estimate of drug-likeness (QED) is 0.496. The van der Waals surface area contributed by atoms with Crippen molar-refractivity contribution in [2.45, 2.75) is 32.1 Å². The van der Waals surface area contributed by atoms with Crippen LogP contribution in [-0.4, -0.2) is 18.1 Å². The molecule has 2 aromatic carbocycles. The van der Waals surface area contributed by atoms with Gasteiger partial charge in [0.1, 0.15) is 0 Å². The van der Waals surface area contributed by atoms with E-state index in [4.69, 9.17) is 21.3 Å². The second-order valence-electron chi connectivity index (χ2n) is 7.21. The number of carbonyl (C=O) groups excluding carboxylic acids is 1. The van der Waals surface area contributed by atoms with Crippen molar-refractivity contribution in [3.8, 4) is 11.3 Å². The molecular weight excluding hydrogens is 405 g/mol. The summed E-state index contributed by atoms with van der Waals surface area (Å²) in [6.45, 7) is 0. The predicted molar refractivity (Wildman–Crippen MR) is 119 cm³/mol. The fourth-order valence-corrected chi connectivity index (χ4v) is 4.08. The van der Waals surface area contributed by atoms with Crippen LogP contribution in [0, 0.1) is 0 Å². The van der Waals surface area contributed by atoms with Crippen LogP contribution in [0.4, 0.5) is 0 Å². The molecule has 0 saturated heterocycles. The monoisotopic (exact) mass is 427 g/mol. The molecule has 0 radical (unpaired) electrons. The van der Waals surface area contributed by atoms with Gasteiger partial charge in [-0.05, 0) is 66.1 Å². The molecular formula is C24H23Cl2NO2. The zero-order valence-electron chi connectivity index (χ0n) is 16.3. The highest BCUT2D eigenvalue weighted by Crippen LogP contribution is 2.31. The Kier molecular flexibility index (Phi) is 6.94. The van der Waals surface area contributed by atoms with Crippen LogP contribution in [0.15, 0.2) is 54.6 Å². The number of aromatic nitrogens is 1. The van der Waals surface area contributed by atoms with Crippen LogP contribution in [0.5, 0.6) is 0 Å². The summed E-state index contributed by atoms with van der Waals surface area (Å²) in [7, 11) is 1.42. The number of pyridine rings is 1. The van der Waals surface area contributed by atoms with E-state index in [0.717, 1.165) is 47.5 Å². The van der Waals surface area contributed by atoms with E-state index < -0.39 is 0 Å². The third-order valence-electron chi connectivity index (χ3n) is 5.23. The highest BCUT2D eigenvalue weighted by Gasteiger charge is 2.19. The SMILES string of the molecule is COC(=O)Cc1cccc(Cc2cc(-c3cccc(Cl)c3)nc3c2CCC3)c1.Cl. The van der Waals surface area contributed by atoms with E-state index in [1.54, 1.807) is 0 Å². The van der Waals surface area contributed by atoms with Gasteiger partial charge in [0.2, 0.25) is 0 Å². The van der Waals surface area contributed by atoms with E-state index in [0.29, 0.717) is 6.42 Å². The summed E-state index contributed by atoms with van der Waals surface area (Å²) < 4.78 is 4.79. The standard InChI is InChI=1S/C24H22ClNO2.ClH/c1-28-24(27)13-17-6-2-5-16(11-17)12-19-15-23(18-7-3-8-20(25)14-18)26-22-10-4-9-21(19)22;/h2-3,5-8,11,14-15H,4,9-10,12-13H2,1H3;1H. The van der Waals surface area contributed by atoms with E-state index in [2.05, 4.69) is 24.3 Å². The molecule has 0 bridgehead atoms. The van der Waals surface area contributed by atoms with Crippen molar-refractivity contribution in [1.29, 1.82) is 0 Å². The average Bonchev–Trinajstić information content (AvgIpc) is 3.17. The third kappa shape index (κ3) is 4.98. The fraction of sp³-hybridized carbons (Fsp3) is 0.250. The van der Waals surface area contributed by atoms with Crippen LogP contribution in [0.1, 0.15) is 34.4 Å². The number of methoxy groups -OCH3 is 1. The first-order valence-corrected chi connectivity index (χ1v) is 9.92. The van der Waals surface area contributed by atoms with E-state index in [-0.39, 0.29) is 18.4 Å². The Bertz CT molecular complexity index is 1030. The highest BCUT2D eigenvalue weighted by molar-refractivity contribution is 6.30. The van der Waals surface area contributed by atoms with Crippen LogP contribution in [-0.2, 0) is 35.2 Å². The minimum atomic E-state index is -0.217. The van der Waals surface area contributed by atoms with Gasteiger partial charge in [-0.2, -0.15) is 0 Å². The molecule has 0 atom stereocenters. The van der Waals surface area contributed by atoms with Crippen molar-refractivity contribution in [2.75, 3.05) is 7.11 Å². The fourth-order valence-electron chi connectivity index (χ4n) is 3.89. The number of aryl methyl sites for hydroxylation is 1. The number of nitrogens with zero attached hydrogens (tertiary/aromatic N) is 1. The smallest absolute Gasteiger partial charge is 0.309 e. The highest BCUT2D eigenvalue weighted by atomic mass is 35.5. The van der Waals surface area contributed by atoms with Crippen LogP contribution in [0.2, 0.25) is 5.02 Å². The van der Waals surface area contributed by atoms with E-state index in [9.17, 15) is 4.79 Å². The molecule has 29 heavy (non-hydrogen) atoms. The van der Waals surface area contributed by atoms with E-state index in [1.807, 2.05) is 30.3 Å². The zero-order valence-corrected chi connectivity index (χ0v) is 17.9. The average molecular weight is 428 g/mol. The number of rotatable bonds is 5. The Labute approximate surface area is 182 Å². The van der Waals surface area contributed by atoms with Crippen molar-refractivity contribution in [1.82, 2.24) is 4.98 Å². The number of ether oxygens (including phenoxy) is 1. The van der Waals surface area contributed by atoms with E-state index in [1.165, 1.54) is 29.5 Å². The molecule has 1 aliphatic rings. The summed E-state index contributed by atoms with van der Waals surface area (Å²) in [6, 6.07) is 18.2. The number of hydrogen-bond acceptors (Lipinski definition) is 3. The predicted octanol–water partition coefficient (Wildman–Crippen LogP) is 5.62. The third-order valence-corrected chi connectivity index (χ3v) is 5.46. The normalized spacial score (nSPS) is 12.2. The van der Waals surface area contributed by atoms with Gasteiger partial charge in [0.15, 0.2) is 0 Å². The summed E-state index contributed by atoms with van der Waals surface area (Å²) in [5, 5.41) is 0.719. The molecule has 3 nitrogen and oxygen atoms in total. The lowest BCUT2D eigenvalue weighted by atomic mass is 9.96. The molecule has 5 heteroatoms. The molecule has 0 fully saturated rings. The molecule has 0 N–H and O–H groups in total. The van der Waals surface area contributed by atoms with Crippen molar-refractivity contribution in [2.24, 2.45) is 0 Å². The topological polar surface area (TPSA) is 39.2 Å². The summed E-state index contributed by atoms with van der Waals surface area (Å²) in [6.07, 6.45) is 4.38. The van der Waals surface area contributed by atoms with Crippen LogP contribution < -0.4 is 0 Å². The molecule has 4 rings (SSSR count). The number of esters is 1. The zero-order chi connectivity index (χ0) is 19.5. The lowest BCUT2D eigenvalue weighted by Gasteiger charge is -2.13. The molecule has 0 unspecified atom stereocenters. The lowest BCUT2D eigenvalue weighted by molar-refractivity contribution is -0.139. The Morgan fingerprint density at radius 1 is 1.07 bits per heavy atom. The van der Waals surface area contributed by atoms with Crippen molar-refractivity contribution in [3.05, 3.63) is 87.6 Å². The largest absolute Gasteiger partial charge is 0.469 e. The maximum absolute atomic E-state index is 11.6. The van der Waals surface area contributed by atoms with Gasteiger partial charge in [0, 0.05) is 16.3 Å². The van der Waals surface area contributed by atoms with Crippen LogP contribution >= 0.6 is 24.0 Å².